The molecule has 1 aliphatic heterocycles. The van der Waals surface area contributed by atoms with Gasteiger partial charge in [-0.15, -0.1) is 0 Å². The zero-order valence-corrected chi connectivity index (χ0v) is 12.9. The van der Waals surface area contributed by atoms with Crippen molar-refractivity contribution in [2.24, 2.45) is 0 Å². The van der Waals surface area contributed by atoms with E-state index in [1.54, 1.807) is 7.11 Å². The number of rotatable bonds is 5. The molecule has 1 heterocycles. The second kappa shape index (κ2) is 5.79. The van der Waals surface area contributed by atoms with E-state index in [0.717, 1.165) is 29.9 Å². The Kier molecular flexibility index (Phi) is 4.02. The monoisotopic (exact) mass is 308 g/mol. The van der Waals surface area contributed by atoms with Crippen molar-refractivity contribution in [3.05, 3.63) is 23.8 Å². The topological polar surface area (TPSA) is 55.8 Å². The highest BCUT2D eigenvalue weighted by atomic mass is 32.2. The molecular formula is C16H20O4S. The maximum Gasteiger partial charge on any atom is 0.314 e. The molecule has 0 unspecified atom stereocenters. The molecular weight excluding hydrogens is 288 g/mol. The number of carboxylic acid groups (broad SMARTS) is 1. The van der Waals surface area contributed by atoms with Crippen LogP contribution in [-0.2, 0) is 10.2 Å². The molecule has 2 aliphatic rings. The summed E-state index contributed by atoms with van der Waals surface area (Å²) in [4.78, 5) is 11.9. The van der Waals surface area contributed by atoms with E-state index in [2.05, 4.69) is 0 Å². The van der Waals surface area contributed by atoms with Crippen molar-refractivity contribution >= 4 is 17.7 Å². The van der Waals surface area contributed by atoms with Gasteiger partial charge in [-0.25, -0.2) is 0 Å². The molecule has 1 N–H and O–H groups in total. The summed E-state index contributed by atoms with van der Waals surface area (Å²) in [6, 6.07) is 5.60. The summed E-state index contributed by atoms with van der Waals surface area (Å²) in [6.45, 7) is 0. The fraction of sp³-hybridized carbons (Fsp3) is 0.562. The lowest BCUT2D eigenvalue weighted by molar-refractivity contribution is -0.143. The van der Waals surface area contributed by atoms with Gasteiger partial charge in [-0.2, -0.15) is 11.8 Å². The highest BCUT2D eigenvalue weighted by Gasteiger charge is 2.45. The van der Waals surface area contributed by atoms with Gasteiger partial charge in [0.05, 0.1) is 12.5 Å². The molecule has 0 radical (unpaired) electrons. The largest absolute Gasteiger partial charge is 0.493 e. The van der Waals surface area contributed by atoms with E-state index in [1.165, 1.54) is 0 Å². The first-order chi connectivity index (χ1) is 10.2. The average Bonchev–Trinajstić information content (AvgIpc) is 2.93. The maximum absolute atomic E-state index is 11.9. The summed E-state index contributed by atoms with van der Waals surface area (Å²) in [5, 5.41) is 9.81. The molecule has 5 heteroatoms. The lowest BCUT2D eigenvalue weighted by Crippen LogP contribution is -2.36. The third kappa shape index (κ3) is 2.48. The van der Waals surface area contributed by atoms with Crippen molar-refractivity contribution < 1.29 is 19.4 Å². The van der Waals surface area contributed by atoms with Gasteiger partial charge >= 0.3 is 5.97 Å². The van der Waals surface area contributed by atoms with E-state index < -0.39 is 11.4 Å². The first-order valence-electron chi connectivity index (χ1n) is 7.32. The smallest absolute Gasteiger partial charge is 0.314 e. The summed E-state index contributed by atoms with van der Waals surface area (Å²) in [5.41, 5.74) is -0.0374. The van der Waals surface area contributed by atoms with Crippen LogP contribution in [0.5, 0.6) is 11.5 Å². The molecule has 4 nitrogen and oxygen atoms in total. The highest BCUT2D eigenvalue weighted by Crippen LogP contribution is 2.48. The second-order valence-corrected chi connectivity index (χ2v) is 6.78. The Morgan fingerprint density at radius 3 is 2.57 bits per heavy atom. The van der Waals surface area contributed by atoms with Crippen molar-refractivity contribution in [3.8, 4) is 11.5 Å². The molecule has 0 atom stereocenters. The van der Waals surface area contributed by atoms with Crippen LogP contribution in [0.25, 0.3) is 0 Å². The van der Waals surface area contributed by atoms with Crippen LogP contribution in [-0.4, -0.2) is 35.8 Å². The third-order valence-electron chi connectivity index (χ3n) is 4.47. The lowest BCUT2D eigenvalue weighted by Gasteiger charge is -2.32. The first kappa shape index (κ1) is 14.6. The second-order valence-electron chi connectivity index (χ2n) is 5.71. The fourth-order valence-corrected chi connectivity index (χ4v) is 3.76. The summed E-state index contributed by atoms with van der Waals surface area (Å²) in [7, 11) is 1.60. The molecule has 1 aliphatic carbocycles. The summed E-state index contributed by atoms with van der Waals surface area (Å²) >= 11 is 1.84. The Bertz CT molecular complexity index is 533. The Morgan fingerprint density at radius 1 is 1.33 bits per heavy atom. The molecule has 1 saturated carbocycles. The number of hydrogen-bond acceptors (Lipinski definition) is 4. The molecule has 114 valence electrons. The minimum atomic E-state index is -0.819. The van der Waals surface area contributed by atoms with Crippen LogP contribution in [0.4, 0.5) is 0 Å². The average molecular weight is 308 g/mol. The van der Waals surface area contributed by atoms with Gasteiger partial charge in [0, 0.05) is 17.1 Å². The van der Waals surface area contributed by atoms with E-state index in [9.17, 15) is 9.90 Å². The molecule has 1 aromatic carbocycles. The van der Waals surface area contributed by atoms with E-state index >= 15 is 0 Å². The number of methoxy groups -OCH3 is 1. The molecule has 21 heavy (non-hydrogen) atoms. The van der Waals surface area contributed by atoms with Crippen molar-refractivity contribution in [2.75, 3.05) is 18.6 Å². The van der Waals surface area contributed by atoms with Gasteiger partial charge in [0.25, 0.3) is 0 Å². The molecule has 2 fully saturated rings. The summed E-state index contributed by atoms with van der Waals surface area (Å²) in [5.74, 6) is 2.43. The van der Waals surface area contributed by atoms with E-state index in [0.29, 0.717) is 24.3 Å². The summed E-state index contributed by atoms with van der Waals surface area (Å²) < 4.78 is 11.5. The Labute approximate surface area is 128 Å². The van der Waals surface area contributed by atoms with Crippen molar-refractivity contribution in [1.82, 2.24) is 0 Å². The quantitative estimate of drug-likeness (QED) is 0.906. The predicted octanol–water partition coefficient (Wildman–Crippen LogP) is 3.09. The van der Waals surface area contributed by atoms with Crippen LogP contribution in [0.3, 0.4) is 0 Å². The number of carbonyl (C=O) groups is 1. The molecule has 1 aromatic rings. The summed E-state index contributed by atoms with van der Waals surface area (Å²) in [6.07, 6.45) is 3.40. The Balaban J connectivity index is 2.05. The van der Waals surface area contributed by atoms with Gasteiger partial charge in [-0.3, -0.25) is 4.79 Å². The zero-order chi connectivity index (χ0) is 14.9. The number of hydrogen-bond donors (Lipinski definition) is 1. The van der Waals surface area contributed by atoms with Gasteiger partial charge in [-0.05, 0) is 18.9 Å². The van der Waals surface area contributed by atoms with Crippen LogP contribution in [0.2, 0.25) is 0 Å². The molecule has 0 amide bonds. The van der Waals surface area contributed by atoms with Crippen LogP contribution in [0.15, 0.2) is 18.2 Å². The predicted molar refractivity (Wildman–Crippen MR) is 82.5 cm³/mol. The van der Waals surface area contributed by atoms with Gasteiger partial charge in [0.1, 0.15) is 6.10 Å². The van der Waals surface area contributed by atoms with E-state index in [-0.39, 0.29) is 6.10 Å². The number of carboxylic acids is 1. The van der Waals surface area contributed by atoms with Crippen molar-refractivity contribution in [1.29, 1.82) is 0 Å². The number of benzene rings is 1. The SMILES string of the molecule is COc1cccc(C2(C(=O)O)CCCC2)c1OC1CSC1. The standard InChI is InChI=1S/C16H20O4S/c1-19-13-6-4-5-12(14(13)20-11-9-21-10-11)16(15(17)18)7-2-3-8-16/h4-6,11H,2-3,7-10H2,1H3,(H,17,18). The van der Waals surface area contributed by atoms with Crippen LogP contribution >= 0.6 is 11.8 Å². The molecule has 1 saturated heterocycles. The van der Waals surface area contributed by atoms with Gasteiger partial charge in [0.15, 0.2) is 11.5 Å². The Hall–Kier alpha value is -1.36. The maximum atomic E-state index is 11.9. The lowest BCUT2D eigenvalue weighted by atomic mass is 9.78. The van der Waals surface area contributed by atoms with Crippen LogP contribution in [0.1, 0.15) is 31.2 Å². The highest BCUT2D eigenvalue weighted by molar-refractivity contribution is 8.00. The number of thioether (sulfide) groups is 1. The van der Waals surface area contributed by atoms with Gasteiger partial charge in [-0.1, -0.05) is 25.0 Å². The molecule has 0 spiro atoms. The number of para-hydroxylation sites is 1. The minimum Gasteiger partial charge on any atom is -0.493 e. The van der Waals surface area contributed by atoms with Crippen molar-refractivity contribution in [2.45, 2.75) is 37.2 Å². The normalized spacial score (nSPS) is 20.8. The molecule has 0 bridgehead atoms. The number of aliphatic carboxylic acids is 1. The van der Waals surface area contributed by atoms with Crippen LogP contribution in [0, 0.1) is 0 Å². The van der Waals surface area contributed by atoms with Gasteiger partial charge in [0.2, 0.25) is 0 Å². The minimum absolute atomic E-state index is 0.164. The first-order valence-corrected chi connectivity index (χ1v) is 8.48. The van der Waals surface area contributed by atoms with Crippen molar-refractivity contribution in [3.63, 3.8) is 0 Å². The third-order valence-corrected chi connectivity index (χ3v) is 5.69. The van der Waals surface area contributed by atoms with E-state index in [1.807, 2.05) is 30.0 Å². The Morgan fingerprint density at radius 2 is 2.05 bits per heavy atom. The molecule has 3 rings (SSSR count). The van der Waals surface area contributed by atoms with E-state index in [4.69, 9.17) is 9.47 Å². The zero-order valence-electron chi connectivity index (χ0n) is 12.1. The fourth-order valence-electron chi connectivity index (χ4n) is 3.20. The molecule has 0 aromatic heterocycles. The van der Waals surface area contributed by atoms with Crippen LogP contribution < -0.4 is 9.47 Å². The number of ether oxygens (including phenoxy) is 2. The van der Waals surface area contributed by atoms with Gasteiger partial charge < -0.3 is 14.6 Å².